The lowest BCUT2D eigenvalue weighted by Gasteiger charge is -2.12. The van der Waals surface area contributed by atoms with Crippen LogP contribution in [-0.2, 0) is 6.54 Å². The Hall–Kier alpha value is -2.13. The summed E-state index contributed by atoms with van der Waals surface area (Å²) in [5.41, 5.74) is 1.77. The van der Waals surface area contributed by atoms with Gasteiger partial charge in [0.1, 0.15) is 6.10 Å². The van der Waals surface area contributed by atoms with Crippen molar-refractivity contribution < 1.29 is 5.11 Å². The van der Waals surface area contributed by atoms with E-state index >= 15 is 0 Å². The number of aliphatic hydroxyl groups excluding tert-OH is 1. The number of aliphatic hydroxyl groups is 1. The van der Waals surface area contributed by atoms with Crippen molar-refractivity contribution in [2.24, 2.45) is 0 Å². The molecule has 0 amide bonds. The van der Waals surface area contributed by atoms with Gasteiger partial charge in [0.25, 0.3) is 0 Å². The predicted molar refractivity (Wildman–Crippen MR) is 80.5 cm³/mol. The van der Waals surface area contributed by atoms with E-state index in [1.165, 1.54) is 0 Å². The molecule has 1 aromatic heterocycles. The monoisotopic (exact) mass is 266 g/mol. The molecule has 1 heterocycles. The Morgan fingerprint density at radius 2 is 1.95 bits per heavy atom. The fraction of sp³-hybridized carbons (Fsp3) is 0.235. The molecule has 102 valence electrons. The van der Waals surface area contributed by atoms with Crippen molar-refractivity contribution in [1.82, 2.24) is 9.78 Å². The molecule has 0 bridgehead atoms. The minimum absolute atomic E-state index is 0.633. The summed E-state index contributed by atoms with van der Waals surface area (Å²) < 4.78 is 1.88. The van der Waals surface area contributed by atoms with Gasteiger partial charge >= 0.3 is 0 Å². The van der Waals surface area contributed by atoms with E-state index in [-0.39, 0.29) is 0 Å². The smallest absolute Gasteiger partial charge is 0.108 e. The highest BCUT2D eigenvalue weighted by molar-refractivity contribution is 5.86. The van der Waals surface area contributed by atoms with Gasteiger partial charge in [-0.3, -0.25) is 4.68 Å². The van der Waals surface area contributed by atoms with E-state index in [4.69, 9.17) is 0 Å². The molecule has 1 N–H and O–H groups in total. The predicted octanol–water partition coefficient (Wildman–Crippen LogP) is 3.53. The Bertz CT molecular complexity index is 712. The molecule has 0 spiro atoms. The third kappa shape index (κ3) is 2.32. The lowest BCUT2D eigenvalue weighted by molar-refractivity contribution is 0.221. The van der Waals surface area contributed by atoms with Crippen molar-refractivity contribution in [2.45, 2.75) is 26.0 Å². The summed E-state index contributed by atoms with van der Waals surface area (Å²) in [4.78, 5) is 0. The highest BCUT2D eigenvalue weighted by atomic mass is 16.3. The number of benzene rings is 2. The zero-order valence-corrected chi connectivity index (χ0v) is 11.5. The second kappa shape index (κ2) is 5.47. The van der Waals surface area contributed by atoms with Crippen molar-refractivity contribution in [3.05, 3.63) is 66.0 Å². The number of hydrogen-bond donors (Lipinski definition) is 1. The van der Waals surface area contributed by atoms with Crippen molar-refractivity contribution in [1.29, 1.82) is 0 Å². The number of aryl methyl sites for hydroxylation is 1. The first-order valence-corrected chi connectivity index (χ1v) is 6.97. The average molecular weight is 266 g/mol. The molecule has 3 heteroatoms. The topological polar surface area (TPSA) is 38.0 Å². The quantitative estimate of drug-likeness (QED) is 0.784. The molecule has 0 aliphatic rings. The summed E-state index contributed by atoms with van der Waals surface area (Å²) in [7, 11) is 0. The van der Waals surface area contributed by atoms with E-state index in [1.54, 1.807) is 6.20 Å². The van der Waals surface area contributed by atoms with Crippen LogP contribution in [0.4, 0.5) is 0 Å². The highest BCUT2D eigenvalue weighted by Gasteiger charge is 2.15. The van der Waals surface area contributed by atoms with E-state index in [0.29, 0.717) is 0 Å². The third-order valence-electron chi connectivity index (χ3n) is 3.54. The van der Waals surface area contributed by atoms with Crippen LogP contribution < -0.4 is 0 Å². The van der Waals surface area contributed by atoms with Gasteiger partial charge < -0.3 is 5.11 Å². The summed E-state index contributed by atoms with van der Waals surface area (Å²) in [6, 6.07) is 14.1. The highest BCUT2D eigenvalue weighted by Crippen LogP contribution is 2.28. The van der Waals surface area contributed by atoms with Crippen LogP contribution in [0.25, 0.3) is 10.8 Å². The van der Waals surface area contributed by atoms with E-state index in [9.17, 15) is 5.11 Å². The maximum atomic E-state index is 10.6. The number of hydrogen-bond acceptors (Lipinski definition) is 2. The number of nitrogens with zero attached hydrogens (tertiary/aromatic N) is 2. The van der Waals surface area contributed by atoms with Crippen LogP contribution in [0.3, 0.4) is 0 Å². The standard InChI is InChI=1S/C17H18N2O/c1-2-10-19-12-14(11-18-19)17(20)16-9-5-7-13-6-3-4-8-15(13)16/h3-9,11-12,17,20H,2,10H2,1H3. The summed E-state index contributed by atoms with van der Waals surface area (Å²) >= 11 is 0. The number of rotatable bonds is 4. The lowest BCUT2D eigenvalue weighted by atomic mass is 9.98. The Labute approximate surface area is 118 Å². The molecule has 0 saturated heterocycles. The summed E-state index contributed by atoms with van der Waals surface area (Å²) in [5.74, 6) is 0. The zero-order valence-electron chi connectivity index (χ0n) is 11.5. The van der Waals surface area contributed by atoms with Crippen molar-refractivity contribution in [2.75, 3.05) is 0 Å². The minimum Gasteiger partial charge on any atom is -0.384 e. The van der Waals surface area contributed by atoms with E-state index < -0.39 is 6.10 Å². The molecule has 0 radical (unpaired) electrons. The number of aromatic nitrogens is 2. The van der Waals surface area contributed by atoms with Crippen LogP contribution in [0, 0.1) is 0 Å². The maximum absolute atomic E-state index is 10.6. The molecule has 1 unspecified atom stereocenters. The first-order chi connectivity index (χ1) is 9.79. The van der Waals surface area contributed by atoms with Gasteiger partial charge in [0.15, 0.2) is 0 Å². The fourth-order valence-electron chi connectivity index (χ4n) is 2.54. The van der Waals surface area contributed by atoms with Crippen LogP contribution in [0.1, 0.15) is 30.6 Å². The van der Waals surface area contributed by atoms with Gasteiger partial charge in [0, 0.05) is 18.3 Å². The zero-order chi connectivity index (χ0) is 13.9. The normalized spacial score (nSPS) is 12.7. The van der Waals surface area contributed by atoms with Gasteiger partial charge in [-0.15, -0.1) is 0 Å². The molecule has 0 fully saturated rings. The van der Waals surface area contributed by atoms with Crippen LogP contribution in [0.2, 0.25) is 0 Å². The first-order valence-electron chi connectivity index (χ1n) is 6.97. The van der Waals surface area contributed by atoms with Crippen LogP contribution >= 0.6 is 0 Å². The van der Waals surface area contributed by atoms with Crippen LogP contribution in [0.15, 0.2) is 54.9 Å². The van der Waals surface area contributed by atoms with Gasteiger partial charge in [-0.25, -0.2) is 0 Å². The molecule has 20 heavy (non-hydrogen) atoms. The molecule has 3 rings (SSSR count). The largest absolute Gasteiger partial charge is 0.384 e. The molecule has 3 nitrogen and oxygen atoms in total. The molecule has 1 atom stereocenters. The SMILES string of the molecule is CCCn1cc(C(O)c2cccc3ccccc23)cn1. The second-order valence-electron chi connectivity index (χ2n) is 5.01. The van der Waals surface area contributed by atoms with Crippen molar-refractivity contribution >= 4 is 10.8 Å². The van der Waals surface area contributed by atoms with Crippen LogP contribution in [-0.4, -0.2) is 14.9 Å². The van der Waals surface area contributed by atoms with Gasteiger partial charge in [-0.05, 0) is 22.8 Å². The fourth-order valence-corrected chi connectivity index (χ4v) is 2.54. The molecule has 0 aliphatic carbocycles. The Kier molecular flexibility index (Phi) is 3.52. The van der Waals surface area contributed by atoms with Gasteiger partial charge in [0.05, 0.1) is 6.20 Å². The Morgan fingerprint density at radius 1 is 1.15 bits per heavy atom. The van der Waals surface area contributed by atoms with Crippen LogP contribution in [0.5, 0.6) is 0 Å². The minimum atomic E-state index is -0.633. The van der Waals surface area contributed by atoms with E-state index in [0.717, 1.165) is 34.9 Å². The first kappa shape index (κ1) is 12.9. The lowest BCUT2D eigenvalue weighted by Crippen LogP contribution is -2.00. The third-order valence-corrected chi connectivity index (χ3v) is 3.54. The molecular weight excluding hydrogens is 248 g/mol. The van der Waals surface area contributed by atoms with Crippen molar-refractivity contribution in [3.8, 4) is 0 Å². The summed E-state index contributed by atoms with van der Waals surface area (Å²) in [5, 5.41) is 17.1. The number of fused-ring (bicyclic) bond motifs is 1. The van der Waals surface area contributed by atoms with E-state index in [1.807, 2.05) is 41.2 Å². The maximum Gasteiger partial charge on any atom is 0.108 e. The summed E-state index contributed by atoms with van der Waals surface area (Å²) in [6.45, 7) is 2.99. The molecular formula is C17H18N2O. The Morgan fingerprint density at radius 3 is 2.80 bits per heavy atom. The van der Waals surface area contributed by atoms with Gasteiger partial charge in [-0.1, -0.05) is 49.4 Å². The van der Waals surface area contributed by atoms with E-state index in [2.05, 4.69) is 24.2 Å². The average Bonchev–Trinajstić information content (AvgIpc) is 2.95. The molecule has 2 aromatic carbocycles. The molecule has 3 aromatic rings. The molecule has 0 aliphatic heterocycles. The summed E-state index contributed by atoms with van der Waals surface area (Å²) in [6.07, 6.45) is 4.08. The molecule has 0 saturated carbocycles. The van der Waals surface area contributed by atoms with Crippen molar-refractivity contribution in [3.63, 3.8) is 0 Å². The van der Waals surface area contributed by atoms with Gasteiger partial charge in [-0.2, -0.15) is 5.10 Å². The second-order valence-corrected chi connectivity index (χ2v) is 5.01. The Balaban J connectivity index is 2.01. The van der Waals surface area contributed by atoms with Gasteiger partial charge in [0.2, 0.25) is 0 Å².